The molecule has 0 spiro atoms. The van der Waals surface area contributed by atoms with Crippen LogP contribution in [0.2, 0.25) is 0 Å². The van der Waals surface area contributed by atoms with E-state index in [9.17, 15) is 44.4 Å². The summed E-state index contributed by atoms with van der Waals surface area (Å²) < 4.78 is 95.8. The number of pyridine rings is 6. The molecule has 30 heteroatoms. The third kappa shape index (κ3) is 21.5. The Labute approximate surface area is 644 Å². The number of aromatic nitrogens is 6. The molecule has 0 bridgehead atoms. The van der Waals surface area contributed by atoms with Crippen LogP contribution in [-0.2, 0) is 40.2 Å². The highest BCUT2D eigenvalue weighted by atomic mass is 32.2. The third-order valence-corrected chi connectivity index (χ3v) is 23.7. The Bertz CT molecular complexity index is 4690. The largest absolute Gasteiger partial charge is 0.478 e. The van der Waals surface area contributed by atoms with Crippen LogP contribution in [0, 0.1) is 29.1 Å². The number of carbonyl (C=O) groups excluding carboxylic acids is 4. The van der Waals surface area contributed by atoms with Crippen molar-refractivity contribution in [3.05, 3.63) is 131 Å². The van der Waals surface area contributed by atoms with Crippen molar-refractivity contribution < 1.29 is 53.9 Å². The van der Waals surface area contributed by atoms with E-state index >= 15 is 0 Å². The Hall–Kier alpha value is -9.03. The maximum Gasteiger partial charge on any atom is 0.410 e. The average molecular weight is 1560 g/mol. The summed E-state index contributed by atoms with van der Waals surface area (Å²) in [5.74, 6) is 1.71. The van der Waals surface area contributed by atoms with Gasteiger partial charge in [-0.1, -0.05) is 99.4 Å². The topological polar surface area (TPSA) is 354 Å². The molecule has 3 saturated heterocycles. The van der Waals surface area contributed by atoms with Crippen LogP contribution in [0.25, 0.3) is 5.57 Å². The molecule has 4 fully saturated rings. The Morgan fingerprint density at radius 1 is 0.596 bits per heavy atom. The summed E-state index contributed by atoms with van der Waals surface area (Å²) in [5.41, 5.74) is 7.79. The predicted molar refractivity (Wildman–Crippen MR) is 424 cm³/mol. The van der Waals surface area contributed by atoms with Crippen molar-refractivity contribution >= 4 is 88.5 Å². The first-order chi connectivity index (χ1) is 50.8. The molecule has 11 rings (SSSR count). The van der Waals surface area contributed by atoms with E-state index in [1.165, 1.54) is 56.0 Å². The van der Waals surface area contributed by atoms with Gasteiger partial charge in [0, 0.05) is 85.3 Å². The lowest BCUT2D eigenvalue weighted by molar-refractivity contribution is 0.0798. The number of hydrogen-bond donors (Lipinski definition) is 5. The predicted octanol–water partition coefficient (Wildman–Crippen LogP) is 12.6. The van der Waals surface area contributed by atoms with Gasteiger partial charge in [0.15, 0.2) is 15.1 Å². The number of sulfonamides is 3. The Morgan fingerprint density at radius 2 is 1.06 bits per heavy atom. The number of nitrogens with two attached hydrogens (primary N) is 1. The fourth-order valence-electron chi connectivity index (χ4n) is 15.0. The van der Waals surface area contributed by atoms with Gasteiger partial charge in [-0.2, -0.15) is 30.2 Å². The summed E-state index contributed by atoms with van der Waals surface area (Å²) in [6.45, 7) is 39.3. The zero-order chi connectivity index (χ0) is 80.0. The number of ether oxygens (including phenoxy) is 2. The second kappa shape index (κ2) is 33.7. The second-order valence-electron chi connectivity index (χ2n) is 33.9. The first-order valence-electron chi connectivity index (χ1n) is 37.5. The monoisotopic (exact) mass is 1560 g/mol. The first kappa shape index (κ1) is 84.0. The van der Waals surface area contributed by atoms with Crippen molar-refractivity contribution in [3.8, 4) is 5.88 Å². The van der Waals surface area contributed by atoms with Crippen LogP contribution in [0.1, 0.15) is 218 Å². The van der Waals surface area contributed by atoms with Crippen LogP contribution in [0.5, 0.6) is 5.88 Å². The average Bonchev–Trinajstić information content (AvgIpc) is 1.74. The summed E-state index contributed by atoms with van der Waals surface area (Å²) in [5, 5.41) is 2.43. The van der Waals surface area contributed by atoms with Crippen LogP contribution in [0.4, 0.5) is 33.9 Å². The molecular formula is C79H111N15O12S3. The quantitative estimate of drug-likeness (QED) is 0.0474. The van der Waals surface area contributed by atoms with Gasteiger partial charge in [-0.25, -0.2) is 43.9 Å². The highest BCUT2D eigenvalue weighted by Gasteiger charge is 2.43. The van der Waals surface area contributed by atoms with E-state index < -0.39 is 53.2 Å². The van der Waals surface area contributed by atoms with E-state index in [4.69, 9.17) is 20.2 Å². The number of carbonyl (C=O) groups is 4. The molecule has 2 unspecified atom stereocenters. The minimum atomic E-state index is -4.32. The van der Waals surface area contributed by atoms with E-state index in [-0.39, 0.29) is 77.7 Å². The maximum absolute atomic E-state index is 13.9. The number of nitrogens with one attached hydrogen (secondary N) is 4. The number of anilines is 5. The number of hydrogen-bond acceptors (Lipinski definition) is 23. The van der Waals surface area contributed by atoms with Crippen molar-refractivity contribution in [2.75, 3.05) is 71.6 Å². The van der Waals surface area contributed by atoms with E-state index in [0.29, 0.717) is 79.6 Å². The molecule has 6 aromatic rings. The van der Waals surface area contributed by atoms with Crippen LogP contribution in [0.3, 0.4) is 0 Å². The van der Waals surface area contributed by atoms with Crippen molar-refractivity contribution in [1.29, 1.82) is 0 Å². The summed E-state index contributed by atoms with van der Waals surface area (Å²) in [7, 11) is -12.7. The van der Waals surface area contributed by atoms with Gasteiger partial charge in [0.25, 0.3) is 47.8 Å². The molecular weight excluding hydrogens is 1450 g/mol. The van der Waals surface area contributed by atoms with Crippen molar-refractivity contribution in [3.63, 3.8) is 0 Å². The Morgan fingerprint density at radius 3 is 1.51 bits per heavy atom. The molecule has 1 aliphatic carbocycles. The summed E-state index contributed by atoms with van der Waals surface area (Å²) in [6.07, 6.45) is 13.6. The normalized spacial score (nSPS) is 19.2. The molecule has 27 nitrogen and oxygen atoms in total. The highest BCUT2D eigenvalue weighted by Crippen LogP contribution is 2.43. The molecule has 4 amide bonds. The van der Waals surface area contributed by atoms with E-state index in [1.54, 1.807) is 71.9 Å². The lowest BCUT2D eigenvalue weighted by Crippen LogP contribution is -2.41. The van der Waals surface area contributed by atoms with Crippen LogP contribution >= 0.6 is 0 Å². The smallest absolute Gasteiger partial charge is 0.410 e. The van der Waals surface area contributed by atoms with Crippen LogP contribution in [0.15, 0.2) is 118 Å². The minimum absolute atomic E-state index is 0.0258. The SMILES string of the molecule is CC(C)OC(=O)N1CC=C(c2cc(C(=O)NS(=O)(=O)c3cccc(N)n3)c(N3C[C@@H](C)CC3(C)C)nc2C(C)(C)C)CC1.CC1CN(c2ncccc2C(=O)NS(=O)(=O)c2cccc(NCC3CCCC3)n2)C(C)(C)C1.CC1CN(c2ncccc2C(=O)NS(=O)(=O)c2cccc(OCCC(C)(C)C)n2)C(C)(C)C1. The molecule has 6 N–H and O–H groups in total. The number of rotatable bonds is 20. The molecule has 1 saturated carbocycles. The Balaban J connectivity index is 0.000000191. The van der Waals surface area contributed by atoms with Gasteiger partial charge in [0.05, 0.1) is 35.1 Å². The van der Waals surface area contributed by atoms with Gasteiger partial charge in [-0.05, 0) is 196 Å². The molecule has 5 aliphatic rings. The summed E-state index contributed by atoms with van der Waals surface area (Å²) in [6, 6.07) is 21.7. The molecule has 592 valence electrons. The highest BCUT2D eigenvalue weighted by molar-refractivity contribution is 7.90. The fourth-order valence-corrected chi connectivity index (χ4v) is 17.8. The molecule has 0 aromatic carbocycles. The zero-order valence-corrected chi connectivity index (χ0v) is 68.6. The zero-order valence-electron chi connectivity index (χ0n) is 66.2. The lowest BCUT2D eigenvalue weighted by atomic mass is 9.83. The maximum atomic E-state index is 13.9. The number of amides is 4. The van der Waals surface area contributed by atoms with Gasteiger partial charge >= 0.3 is 6.09 Å². The van der Waals surface area contributed by atoms with Crippen molar-refractivity contribution in [1.82, 2.24) is 49.0 Å². The molecule has 10 heterocycles. The van der Waals surface area contributed by atoms with Gasteiger partial charge in [-0.3, -0.25) is 14.4 Å². The minimum Gasteiger partial charge on any atom is -0.478 e. The molecule has 109 heavy (non-hydrogen) atoms. The van der Waals surface area contributed by atoms with E-state index in [2.05, 4.69) is 163 Å². The van der Waals surface area contributed by atoms with E-state index in [1.807, 2.05) is 19.9 Å². The third-order valence-electron chi connectivity index (χ3n) is 20.0. The second-order valence-corrected chi connectivity index (χ2v) is 38.8. The lowest BCUT2D eigenvalue weighted by Gasteiger charge is -2.36. The summed E-state index contributed by atoms with van der Waals surface area (Å²) >= 11 is 0. The van der Waals surface area contributed by atoms with Gasteiger partial charge in [0.1, 0.15) is 29.1 Å². The first-order valence-corrected chi connectivity index (χ1v) is 42.0. The van der Waals surface area contributed by atoms with Crippen molar-refractivity contribution in [2.24, 2.45) is 29.1 Å². The van der Waals surface area contributed by atoms with Crippen LogP contribution in [-0.4, -0.2) is 152 Å². The molecule has 3 atom stereocenters. The van der Waals surface area contributed by atoms with Gasteiger partial charge in [0.2, 0.25) is 5.88 Å². The Kier molecular flexibility index (Phi) is 25.9. The van der Waals surface area contributed by atoms with Gasteiger partial charge < -0.3 is 40.1 Å². The fraction of sp³-hybridized carbons (Fsp3) is 0.544. The van der Waals surface area contributed by atoms with Gasteiger partial charge in [-0.15, -0.1) is 0 Å². The van der Waals surface area contributed by atoms with Crippen molar-refractivity contribution in [2.45, 2.75) is 219 Å². The summed E-state index contributed by atoms with van der Waals surface area (Å²) in [4.78, 5) is 86.7. The number of nitrogen functional groups attached to an aromatic ring is 1. The molecule has 0 radical (unpaired) electrons. The molecule has 6 aromatic heterocycles. The van der Waals surface area contributed by atoms with E-state index in [0.717, 1.165) is 62.1 Å². The molecule has 4 aliphatic heterocycles. The van der Waals surface area contributed by atoms with Crippen LogP contribution < -0.4 is 44.7 Å². The standard InChI is InChI=1S/C31H44N6O5S.C24H33N5O3S.C24H34N4O4S/c1-19(2)42-29(39)36-14-12-21(13-15-36)22-16-23(28(38)35-43(40,41)25-11-9-10-24(32)33-25)27(34-26(22)30(4,5)6)37-18-20(3)17-31(37,7)8;1-17-14-24(2,3)29(16-17)22-19(10-7-13-25-22)23(30)28-33(31,32)21-12-6-11-20(27-21)26-15-18-8-4-5-9-18;1-17-15-24(5,6)28(16-17)21-18(9-8-13-25-21)22(29)27-33(30,31)20-11-7-10-19(26-20)32-14-12-23(2,3)4/h9-12,16,19-20H,13-15,17-18H2,1-8H3,(H2,32,33)(H,35,38);6-7,10-13,17-18H,4-5,8-9,14-16H2,1-3H3,(H,26,27)(H,28,30);7-11,13,17H,12,14-16H2,1-6H3,(H,27,29)/t20-;;/m0../s1. The number of nitrogens with zero attached hydrogens (tertiary/aromatic N) is 10.